The summed E-state index contributed by atoms with van der Waals surface area (Å²) < 4.78 is 28.8. The van der Waals surface area contributed by atoms with Crippen LogP contribution in [0.3, 0.4) is 0 Å². The molecule has 9 nitrogen and oxygen atoms in total. The number of aromatic nitrogens is 3. The van der Waals surface area contributed by atoms with E-state index in [0.717, 1.165) is 0 Å². The lowest BCUT2D eigenvalue weighted by Gasteiger charge is -2.16. The number of anilines is 3. The van der Waals surface area contributed by atoms with Crippen molar-refractivity contribution in [1.82, 2.24) is 20.3 Å². The summed E-state index contributed by atoms with van der Waals surface area (Å²) in [5.41, 5.74) is 0.309. The molecule has 2 amide bonds. The molecule has 1 aromatic carbocycles. The zero-order valence-corrected chi connectivity index (χ0v) is 15.4. The first kappa shape index (κ1) is 20.1. The monoisotopic (exact) mass is 381 g/mol. The highest BCUT2D eigenvalue weighted by atomic mass is 19.3. The minimum atomic E-state index is -2.94. The zero-order valence-electron chi connectivity index (χ0n) is 15.4. The minimum absolute atomic E-state index is 0.0495. The topological polar surface area (TPSA) is 95.5 Å². The van der Waals surface area contributed by atoms with Crippen LogP contribution >= 0.6 is 0 Å². The average Bonchev–Trinajstić information content (AvgIpc) is 2.59. The predicted molar refractivity (Wildman–Crippen MR) is 97.4 cm³/mol. The summed E-state index contributed by atoms with van der Waals surface area (Å²) in [6, 6.07) is 5.16. The lowest BCUT2D eigenvalue weighted by atomic mass is 10.3. The van der Waals surface area contributed by atoms with Crippen LogP contribution in [0.25, 0.3) is 0 Å². The highest BCUT2D eigenvalue weighted by molar-refractivity contribution is 5.89. The molecule has 146 valence electrons. The van der Waals surface area contributed by atoms with Crippen LogP contribution in [0.15, 0.2) is 24.3 Å². The van der Waals surface area contributed by atoms with Gasteiger partial charge in [0.15, 0.2) is 5.82 Å². The third kappa shape index (κ3) is 6.20. The van der Waals surface area contributed by atoms with Crippen molar-refractivity contribution in [2.45, 2.75) is 13.2 Å². The molecule has 0 aliphatic rings. The van der Waals surface area contributed by atoms with Gasteiger partial charge < -0.3 is 25.2 Å². The van der Waals surface area contributed by atoms with Crippen LogP contribution < -0.4 is 25.2 Å². The molecule has 1 aromatic heterocycles. The molecule has 0 fully saturated rings. The lowest BCUT2D eigenvalue weighted by Crippen LogP contribution is -2.30. The fourth-order valence-electron chi connectivity index (χ4n) is 1.96. The van der Waals surface area contributed by atoms with Gasteiger partial charge in [-0.1, -0.05) is 6.07 Å². The number of hydrogen-bond donors (Lipinski definition) is 2. The number of rotatable bonds is 7. The number of halogens is 2. The molecular weight excluding hydrogens is 360 g/mol. The van der Waals surface area contributed by atoms with Gasteiger partial charge in [-0.05, 0) is 12.1 Å². The molecule has 0 unspecified atom stereocenters. The first-order valence-corrected chi connectivity index (χ1v) is 7.94. The van der Waals surface area contributed by atoms with Gasteiger partial charge in [0.2, 0.25) is 11.9 Å². The molecule has 0 bridgehead atoms. The molecule has 0 aliphatic carbocycles. The van der Waals surface area contributed by atoms with Crippen molar-refractivity contribution >= 4 is 23.6 Å². The Labute approximate surface area is 155 Å². The molecule has 0 spiro atoms. The molecule has 11 heteroatoms. The molecule has 2 aromatic rings. The molecular formula is C16H21F2N7O2. The van der Waals surface area contributed by atoms with Crippen LogP contribution in [0.5, 0.6) is 5.75 Å². The number of ether oxygens (including phenoxy) is 1. The van der Waals surface area contributed by atoms with E-state index in [1.807, 2.05) is 0 Å². The molecule has 0 radical (unpaired) electrons. The Balaban J connectivity index is 2.01. The summed E-state index contributed by atoms with van der Waals surface area (Å²) in [6.45, 7) is -2.88. The normalized spacial score (nSPS) is 10.5. The Morgan fingerprint density at radius 3 is 2.30 bits per heavy atom. The number of benzene rings is 1. The Hall–Kier alpha value is -3.24. The molecule has 0 saturated carbocycles. The van der Waals surface area contributed by atoms with Gasteiger partial charge in [-0.3, -0.25) is 0 Å². The second-order valence-corrected chi connectivity index (χ2v) is 5.85. The Kier molecular flexibility index (Phi) is 6.63. The molecule has 1 heterocycles. The van der Waals surface area contributed by atoms with Gasteiger partial charge in [-0.25, -0.2) is 4.79 Å². The smallest absolute Gasteiger partial charge is 0.387 e. The van der Waals surface area contributed by atoms with Gasteiger partial charge in [-0.15, -0.1) is 0 Å². The lowest BCUT2D eigenvalue weighted by molar-refractivity contribution is -0.0497. The van der Waals surface area contributed by atoms with Crippen LogP contribution in [-0.2, 0) is 6.54 Å². The summed E-state index contributed by atoms with van der Waals surface area (Å²) in [6.07, 6.45) is 0. The van der Waals surface area contributed by atoms with Gasteiger partial charge in [0.05, 0.1) is 6.54 Å². The van der Waals surface area contributed by atoms with Crippen LogP contribution in [-0.4, -0.2) is 55.8 Å². The number of amides is 2. The summed E-state index contributed by atoms with van der Waals surface area (Å²) in [5, 5.41) is 5.14. The molecule has 0 saturated heterocycles. The van der Waals surface area contributed by atoms with E-state index in [-0.39, 0.29) is 12.3 Å². The summed E-state index contributed by atoms with van der Waals surface area (Å²) in [5.74, 6) is 1.25. The van der Waals surface area contributed by atoms with Crippen molar-refractivity contribution in [3.63, 3.8) is 0 Å². The van der Waals surface area contributed by atoms with Gasteiger partial charge in [-0.2, -0.15) is 23.7 Å². The molecule has 0 atom stereocenters. The van der Waals surface area contributed by atoms with E-state index in [9.17, 15) is 13.6 Å². The van der Waals surface area contributed by atoms with Crippen molar-refractivity contribution in [3.05, 3.63) is 30.1 Å². The number of hydrogen-bond acceptors (Lipinski definition) is 7. The maximum atomic E-state index is 12.3. The van der Waals surface area contributed by atoms with Crippen molar-refractivity contribution in [3.8, 4) is 5.75 Å². The zero-order chi connectivity index (χ0) is 20.0. The van der Waals surface area contributed by atoms with E-state index in [1.54, 1.807) is 44.1 Å². The second-order valence-electron chi connectivity index (χ2n) is 5.85. The van der Waals surface area contributed by atoms with Gasteiger partial charge in [0, 0.05) is 39.9 Å². The number of carbonyl (C=O) groups is 1. The van der Waals surface area contributed by atoms with Crippen LogP contribution in [0.4, 0.5) is 31.2 Å². The number of carbonyl (C=O) groups excluding carboxylic acids is 1. The summed E-state index contributed by atoms with van der Waals surface area (Å²) >= 11 is 0. The first-order valence-electron chi connectivity index (χ1n) is 7.94. The predicted octanol–water partition coefficient (Wildman–Crippen LogP) is 1.93. The third-order valence-corrected chi connectivity index (χ3v) is 3.18. The quantitative estimate of drug-likeness (QED) is 0.757. The highest BCUT2D eigenvalue weighted by Gasteiger charge is 2.11. The fourth-order valence-corrected chi connectivity index (χ4v) is 1.96. The second kappa shape index (κ2) is 8.92. The molecule has 2 N–H and O–H groups in total. The Bertz CT molecular complexity index is 761. The molecule has 0 aliphatic heterocycles. The van der Waals surface area contributed by atoms with Crippen LogP contribution in [0.2, 0.25) is 0 Å². The largest absolute Gasteiger partial charge is 0.435 e. The van der Waals surface area contributed by atoms with Crippen molar-refractivity contribution < 1.29 is 18.3 Å². The number of nitrogens with one attached hydrogen (secondary N) is 2. The fraction of sp³-hybridized carbons (Fsp3) is 0.375. The third-order valence-electron chi connectivity index (χ3n) is 3.18. The molecule has 27 heavy (non-hydrogen) atoms. The van der Waals surface area contributed by atoms with Gasteiger partial charge in [0.25, 0.3) is 0 Å². The highest BCUT2D eigenvalue weighted by Crippen LogP contribution is 2.19. The SMILES string of the molecule is CN(C)c1nc(CNC(=O)Nc2cccc(OC(F)F)c2)nc(N(C)C)n1. The van der Waals surface area contributed by atoms with E-state index >= 15 is 0 Å². The van der Waals surface area contributed by atoms with E-state index in [0.29, 0.717) is 23.4 Å². The van der Waals surface area contributed by atoms with Crippen LogP contribution in [0, 0.1) is 0 Å². The summed E-state index contributed by atoms with van der Waals surface area (Å²) in [7, 11) is 7.20. The number of nitrogens with zero attached hydrogens (tertiary/aromatic N) is 5. The minimum Gasteiger partial charge on any atom is -0.435 e. The van der Waals surface area contributed by atoms with E-state index in [4.69, 9.17) is 0 Å². The van der Waals surface area contributed by atoms with Crippen LogP contribution in [0.1, 0.15) is 5.82 Å². The Morgan fingerprint density at radius 2 is 1.74 bits per heavy atom. The average molecular weight is 381 g/mol. The van der Waals surface area contributed by atoms with E-state index in [1.165, 1.54) is 18.2 Å². The van der Waals surface area contributed by atoms with Crippen molar-refractivity contribution in [1.29, 1.82) is 0 Å². The van der Waals surface area contributed by atoms with Gasteiger partial charge in [0.1, 0.15) is 5.75 Å². The van der Waals surface area contributed by atoms with E-state index < -0.39 is 12.6 Å². The Morgan fingerprint density at radius 1 is 1.11 bits per heavy atom. The molecule has 2 rings (SSSR count). The number of alkyl halides is 2. The first-order chi connectivity index (χ1) is 12.7. The maximum Gasteiger partial charge on any atom is 0.387 e. The maximum absolute atomic E-state index is 12.3. The van der Waals surface area contributed by atoms with Crippen molar-refractivity contribution in [2.24, 2.45) is 0 Å². The van der Waals surface area contributed by atoms with E-state index in [2.05, 4.69) is 30.3 Å². The standard InChI is InChI=1S/C16H21F2N7O2/c1-24(2)14-21-12(22-15(23-14)25(3)4)9-19-16(26)20-10-6-5-7-11(8-10)27-13(17)18/h5-8,13H,9H2,1-4H3,(H2,19,20,26). The van der Waals surface area contributed by atoms with Gasteiger partial charge >= 0.3 is 12.6 Å². The van der Waals surface area contributed by atoms with Crippen molar-refractivity contribution in [2.75, 3.05) is 43.3 Å². The number of urea groups is 1. The summed E-state index contributed by atoms with van der Waals surface area (Å²) in [4.78, 5) is 28.3.